The van der Waals surface area contributed by atoms with Crippen molar-refractivity contribution in [1.82, 2.24) is 9.97 Å². The summed E-state index contributed by atoms with van der Waals surface area (Å²) in [5, 5.41) is 6.23. The van der Waals surface area contributed by atoms with Crippen LogP contribution in [-0.4, -0.2) is 15.9 Å². The summed E-state index contributed by atoms with van der Waals surface area (Å²) in [5.41, 5.74) is 7.52. The number of thiazole rings is 1. The normalized spacial score (nSPS) is 11.2. The molecule has 0 saturated carbocycles. The lowest BCUT2D eigenvalue weighted by atomic mass is 10.2. The molecule has 0 atom stereocenters. The third kappa shape index (κ3) is 2.62. The number of thiophene rings is 1. The molecule has 0 aromatic carbocycles. The largest absolute Gasteiger partial charge is 0.397 e. The highest BCUT2D eigenvalue weighted by molar-refractivity contribution is 7.21. The minimum atomic E-state index is -0.224. The van der Waals surface area contributed by atoms with Gasteiger partial charge in [0.15, 0.2) is 5.13 Å². The highest BCUT2D eigenvalue weighted by Crippen LogP contribution is 2.33. The van der Waals surface area contributed by atoms with Crippen LogP contribution in [0.4, 0.5) is 10.8 Å². The standard InChI is InChI=1S/C14H14N4OS2/c1-7(2)9-6-20-14(17-9)18-13(19)12-11(15)8-3-4-16-5-10(8)21-12/h3-7H,15H2,1-2H3,(H,17,18,19). The SMILES string of the molecule is CC(C)c1csc(NC(=O)c2sc3cnccc3c2N)n1. The molecule has 7 heteroatoms. The first-order chi connectivity index (χ1) is 10.1. The van der Waals surface area contributed by atoms with Gasteiger partial charge in [0.05, 0.1) is 16.1 Å². The first kappa shape index (κ1) is 14.0. The van der Waals surface area contributed by atoms with E-state index in [1.807, 2.05) is 11.4 Å². The zero-order chi connectivity index (χ0) is 15.0. The monoisotopic (exact) mass is 318 g/mol. The number of hydrogen-bond acceptors (Lipinski definition) is 6. The van der Waals surface area contributed by atoms with Gasteiger partial charge in [0.2, 0.25) is 0 Å². The molecule has 0 radical (unpaired) electrons. The number of carbonyl (C=O) groups excluding carboxylic acids is 1. The Bertz CT molecular complexity index is 806. The van der Waals surface area contributed by atoms with Crippen LogP contribution in [0.3, 0.4) is 0 Å². The number of nitrogen functional groups attached to an aromatic ring is 1. The molecular weight excluding hydrogens is 304 g/mol. The van der Waals surface area contributed by atoms with Gasteiger partial charge in [-0.1, -0.05) is 13.8 Å². The Labute approximate surface area is 129 Å². The van der Waals surface area contributed by atoms with Crippen LogP contribution in [0.5, 0.6) is 0 Å². The second-order valence-corrected chi connectivity index (χ2v) is 6.81. The lowest BCUT2D eigenvalue weighted by molar-refractivity contribution is 0.103. The van der Waals surface area contributed by atoms with Gasteiger partial charge < -0.3 is 5.73 Å². The molecule has 0 aliphatic rings. The van der Waals surface area contributed by atoms with Crippen LogP contribution in [0, 0.1) is 0 Å². The number of nitrogens with two attached hydrogens (primary N) is 1. The van der Waals surface area contributed by atoms with E-state index in [-0.39, 0.29) is 5.91 Å². The summed E-state index contributed by atoms with van der Waals surface area (Å²) in [4.78, 5) is 21.3. The molecule has 3 N–H and O–H groups in total. The van der Waals surface area contributed by atoms with Crippen LogP contribution < -0.4 is 11.1 Å². The number of aromatic nitrogens is 2. The van der Waals surface area contributed by atoms with E-state index in [9.17, 15) is 4.79 Å². The fourth-order valence-corrected chi connectivity index (χ4v) is 3.75. The van der Waals surface area contributed by atoms with E-state index < -0.39 is 0 Å². The van der Waals surface area contributed by atoms with Gasteiger partial charge in [-0.05, 0) is 12.0 Å². The van der Waals surface area contributed by atoms with Gasteiger partial charge in [-0.25, -0.2) is 4.98 Å². The van der Waals surface area contributed by atoms with Crippen molar-refractivity contribution in [3.63, 3.8) is 0 Å². The van der Waals surface area contributed by atoms with Crippen molar-refractivity contribution in [2.24, 2.45) is 0 Å². The first-order valence-electron chi connectivity index (χ1n) is 6.45. The van der Waals surface area contributed by atoms with Gasteiger partial charge in [-0.2, -0.15) is 0 Å². The van der Waals surface area contributed by atoms with E-state index in [4.69, 9.17) is 5.73 Å². The number of nitrogens with zero attached hydrogens (tertiary/aromatic N) is 2. The maximum atomic E-state index is 12.3. The summed E-state index contributed by atoms with van der Waals surface area (Å²) in [7, 11) is 0. The summed E-state index contributed by atoms with van der Waals surface area (Å²) in [6.07, 6.45) is 3.39. The smallest absolute Gasteiger partial charge is 0.269 e. The van der Waals surface area contributed by atoms with E-state index >= 15 is 0 Å². The molecule has 0 aliphatic heterocycles. The van der Waals surface area contributed by atoms with Gasteiger partial charge >= 0.3 is 0 Å². The van der Waals surface area contributed by atoms with Crippen LogP contribution in [0.1, 0.15) is 35.1 Å². The molecule has 0 aliphatic carbocycles. The molecule has 1 amide bonds. The Balaban J connectivity index is 1.88. The third-order valence-corrected chi connectivity index (χ3v) is 5.00. The fraction of sp³-hybridized carbons (Fsp3) is 0.214. The topological polar surface area (TPSA) is 80.9 Å². The molecule has 0 bridgehead atoms. The molecule has 0 unspecified atom stereocenters. The van der Waals surface area contributed by atoms with Crippen LogP contribution in [0.15, 0.2) is 23.8 Å². The Morgan fingerprint density at radius 2 is 2.24 bits per heavy atom. The quantitative estimate of drug-likeness (QED) is 0.771. The van der Waals surface area contributed by atoms with Crippen LogP contribution >= 0.6 is 22.7 Å². The molecule has 3 rings (SSSR count). The maximum absolute atomic E-state index is 12.3. The van der Waals surface area contributed by atoms with E-state index in [1.165, 1.54) is 22.7 Å². The summed E-state index contributed by atoms with van der Waals surface area (Å²) < 4.78 is 0.905. The van der Waals surface area contributed by atoms with E-state index in [1.54, 1.807) is 12.4 Å². The number of fused-ring (bicyclic) bond motifs is 1. The summed E-state index contributed by atoms with van der Waals surface area (Å²) >= 11 is 2.76. The predicted molar refractivity (Wildman–Crippen MR) is 88.2 cm³/mol. The lowest BCUT2D eigenvalue weighted by Gasteiger charge is -2.01. The van der Waals surface area contributed by atoms with Crippen molar-refractivity contribution in [1.29, 1.82) is 0 Å². The molecule has 108 valence electrons. The third-order valence-electron chi connectivity index (χ3n) is 3.07. The zero-order valence-corrected chi connectivity index (χ0v) is 13.2. The van der Waals surface area contributed by atoms with E-state index in [0.717, 1.165) is 15.8 Å². The molecular formula is C14H14N4OS2. The molecule has 0 saturated heterocycles. The number of pyridine rings is 1. The summed E-state index contributed by atoms with van der Waals surface area (Å²) in [5.74, 6) is 0.116. The highest BCUT2D eigenvalue weighted by atomic mass is 32.1. The zero-order valence-electron chi connectivity index (χ0n) is 11.6. The minimum Gasteiger partial charge on any atom is -0.397 e. The molecule has 3 heterocycles. The molecule has 3 aromatic rings. The number of rotatable bonds is 3. The van der Waals surface area contributed by atoms with Gasteiger partial charge in [0.1, 0.15) is 4.88 Å². The van der Waals surface area contributed by atoms with Crippen molar-refractivity contribution in [2.75, 3.05) is 11.1 Å². The van der Waals surface area contributed by atoms with Crippen LogP contribution in [0.25, 0.3) is 10.1 Å². The van der Waals surface area contributed by atoms with Crippen molar-refractivity contribution in [2.45, 2.75) is 19.8 Å². The number of nitrogens with one attached hydrogen (secondary N) is 1. The molecule has 0 fully saturated rings. The Morgan fingerprint density at radius 3 is 2.90 bits per heavy atom. The van der Waals surface area contributed by atoms with Crippen molar-refractivity contribution < 1.29 is 4.79 Å². The summed E-state index contributed by atoms with van der Waals surface area (Å²) in [6, 6.07) is 1.82. The molecule has 0 spiro atoms. The van der Waals surface area contributed by atoms with E-state index in [2.05, 4.69) is 29.1 Å². The minimum absolute atomic E-state index is 0.224. The first-order valence-corrected chi connectivity index (χ1v) is 8.14. The molecule has 21 heavy (non-hydrogen) atoms. The second-order valence-electron chi connectivity index (χ2n) is 4.90. The number of anilines is 2. The van der Waals surface area contributed by atoms with E-state index in [0.29, 0.717) is 21.6 Å². The lowest BCUT2D eigenvalue weighted by Crippen LogP contribution is -2.11. The predicted octanol–water partition coefficient (Wildman–Crippen LogP) is 3.71. The number of carbonyl (C=O) groups is 1. The van der Waals surface area contributed by atoms with Crippen molar-refractivity contribution >= 4 is 49.5 Å². The van der Waals surface area contributed by atoms with Crippen molar-refractivity contribution in [3.8, 4) is 0 Å². The maximum Gasteiger partial charge on any atom is 0.269 e. The molecule has 3 aromatic heterocycles. The van der Waals surface area contributed by atoms with Gasteiger partial charge in [-0.3, -0.25) is 15.1 Å². The van der Waals surface area contributed by atoms with Gasteiger partial charge in [0.25, 0.3) is 5.91 Å². The molecule has 5 nitrogen and oxygen atoms in total. The summed E-state index contributed by atoms with van der Waals surface area (Å²) in [6.45, 7) is 4.13. The highest BCUT2D eigenvalue weighted by Gasteiger charge is 2.17. The Morgan fingerprint density at radius 1 is 1.43 bits per heavy atom. The Hall–Kier alpha value is -1.99. The van der Waals surface area contributed by atoms with Crippen molar-refractivity contribution in [3.05, 3.63) is 34.4 Å². The van der Waals surface area contributed by atoms with Crippen LogP contribution in [-0.2, 0) is 0 Å². The van der Waals surface area contributed by atoms with Crippen LogP contribution in [0.2, 0.25) is 0 Å². The Kier molecular flexibility index (Phi) is 3.60. The average Bonchev–Trinajstić information content (AvgIpc) is 3.05. The fourth-order valence-electron chi connectivity index (χ4n) is 1.90. The second kappa shape index (κ2) is 5.42. The number of hydrogen-bond donors (Lipinski definition) is 2. The number of amides is 1. The van der Waals surface area contributed by atoms with Gasteiger partial charge in [0, 0.05) is 23.2 Å². The average molecular weight is 318 g/mol. The van der Waals surface area contributed by atoms with Gasteiger partial charge in [-0.15, -0.1) is 22.7 Å².